The van der Waals surface area contributed by atoms with Crippen LogP contribution in [0.2, 0.25) is 0 Å². The zero-order valence-corrected chi connectivity index (χ0v) is 15.3. The summed E-state index contributed by atoms with van der Waals surface area (Å²) in [6.07, 6.45) is 1.94. The molecule has 1 N–H and O–H groups in total. The number of thiophene rings is 1. The highest BCUT2D eigenvalue weighted by Crippen LogP contribution is 2.26. The lowest BCUT2D eigenvalue weighted by Gasteiger charge is -2.41. The summed E-state index contributed by atoms with van der Waals surface area (Å²) in [6.45, 7) is 3.43. The molecule has 8 heteroatoms. The molecule has 0 spiro atoms. The van der Waals surface area contributed by atoms with E-state index in [1.807, 2.05) is 21.2 Å². The number of hydrogen-bond acceptors (Lipinski definition) is 4. The number of carbonyl (C=O) groups is 2. The first kappa shape index (κ1) is 17.7. The van der Waals surface area contributed by atoms with Gasteiger partial charge >= 0.3 is 0 Å². The van der Waals surface area contributed by atoms with Gasteiger partial charge in [-0.3, -0.25) is 9.59 Å². The Bertz CT molecular complexity index is 554. The predicted molar refractivity (Wildman–Crippen MR) is 92.8 cm³/mol. The van der Waals surface area contributed by atoms with Crippen molar-refractivity contribution in [3.8, 4) is 0 Å². The van der Waals surface area contributed by atoms with Crippen molar-refractivity contribution in [2.75, 3.05) is 32.7 Å². The summed E-state index contributed by atoms with van der Waals surface area (Å²) in [5, 5.41) is 5.01. The lowest BCUT2D eigenvalue weighted by atomic mass is 10.0. The minimum Gasteiger partial charge on any atom is -0.336 e. The molecule has 1 aromatic heterocycles. The average molecular weight is 409 g/mol. The van der Waals surface area contributed by atoms with Crippen molar-refractivity contribution in [1.82, 2.24) is 15.1 Å². The number of nitrogens with one attached hydrogen (secondary N) is 1. The van der Waals surface area contributed by atoms with E-state index in [1.165, 1.54) is 11.3 Å². The molecule has 22 heavy (non-hydrogen) atoms. The number of carbonyl (C=O) groups excluding carboxylic acids is 2. The molecule has 2 aliphatic heterocycles. The normalized spacial score (nSPS) is 22.4. The molecule has 0 saturated carbocycles. The summed E-state index contributed by atoms with van der Waals surface area (Å²) in [6, 6.07) is 2.06. The number of piperidine rings is 1. The molecule has 1 aromatic rings. The van der Waals surface area contributed by atoms with E-state index in [0.29, 0.717) is 13.1 Å². The second kappa shape index (κ2) is 7.77. The lowest BCUT2D eigenvalue weighted by Crippen LogP contribution is -2.57. The van der Waals surface area contributed by atoms with Crippen LogP contribution in [0.3, 0.4) is 0 Å². The van der Waals surface area contributed by atoms with Gasteiger partial charge in [0.25, 0.3) is 5.91 Å². The molecule has 0 aromatic carbocycles. The van der Waals surface area contributed by atoms with Gasteiger partial charge in [-0.05, 0) is 40.2 Å². The van der Waals surface area contributed by atoms with Crippen molar-refractivity contribution >= 4 is 51.5 Å². The first-order valence-corrected chi connectivity index (χ1v) is 8.86. The fourth-order valence-electron chi connectivity index (χ4n) is 2.99. The topological polar surface area (TPSA) is 52.7 Å². The van der Waals surface area contributed by atoms with Crippen molar-refractivity contribution in [3.05, 3.63) is 20.8 Å². The second-order valence-electron chi connectivity index (χ2n) is 5.41. The highest BCUT2D eigenvalue weighted by Gasteiger charge is 2.32. The zero-order valence-electron chi connectivity index (χ0n) is 12.1. The largest absolute Gasteiger partial charge is 0.336 e. The maximum atomic E-state index is 12.6. The van der Waals surface area contributed by atoms with Crippen molar-refractivity contribution < 1.29 is 9.59 Å². The van der Waals surface area contributed by atoms with E-state index in [2.05, 4.69) is 21.2 Å². The molecule has 2 aliphatic rings. The van der Waals surface area contributed by atoms with Gasteiger partial charge in [0.1, 0.15) is 4.88 Å². The summed E-state index contributed by atoms with van der Waals surface area (Å²) >= 11 is 4.88. The SMILES string of the molecule is Cl.O=C(c1sccc1Br)N1CCCC(N2CCNCC2=O)C1. The predicted octanol–water partition coefficient (Wildman–Crippen LogP) is 1.97. The minimum absolute atomic E-state index is 0. The third-order valence-electron chi connectivity index (χ3n) is 4.06. The van der Waals surface area contributed by atoms with E-state index < -0.39 is 0 Å². The number of halogens is 2. The van der Waals surface area contributed by atoms with Gasteiger partial charge < -0.3 is 15.1 Å². The Hall–Kier alpha value is -0.630. The number of hydrogen-bond donors (Lipinski definition) is 1. The molecule has 2 amide bonds. The second-order valence-corrected chi connectivity index (χ2v) is 7.18. The molecule has 1 unspecified atom stereocenters. The van der Waals surface area contributed by atoms with Crippen molar-refractivity contribution in [1.29, 1.82) is 0 Å². The first-order chi connectivity index (χ1) is 10.2. The summed E-state index contributed by atoms with van der Waals surface area (Å²) in [7, 11) is 0. The number of amides is 2. The molecule has 3 heterocycles. The van der Waals surface area contributed by atoms with Crippen LogP contribution in [0.4, 0.5) is 0 Å². The van der Waals surface area contributed by atoms with E-state index in [0.717, 1.165) is 41.8 Å². The third kappa shape index (κ3) is 3.64. The maximum absolute atomic E-state index is 12.6. The monoisotopic (exact) mass is 407 g/mol. The van der Waals surface area contributed by atoms with E-state index in [1.54, 1.807) is 0 Å². The van der Waals surface area contributed by atoms with Crippen LogP contribution >= 0.6 is 39.7 Å². The first-order valence-electron chi connectivity index (χ1n) is 7.19. The van der Waals surface area contributed by atoms with Crippen LogP contribution in [0.1, 0.15) is 22.5 Å². The lowest BCUT2D eigenvalue weighted by molar-refractivity contribution is -0.135. The number of rotatable bonds is 2. The minimum atomic E-state index is 0. The quantitative estimate of drug-likeness (QED) is 0.814. The van der Waals surface area contributed by atoms with Crippen LogP contribution in [0.25, 0.3) is 0 Å². The van der Waals surface area contributed by atoms with Gasteiger partial charge in [0.15, 0.2) is 0 Å². The summed E-state index contributed by atoms with van der Waals surface area (Å²) < 4.78 is 0.859. The Kier molecular flexibility index (Phi) is 6.26. The number of nitrogens with zero attached hydrogens (tertiary/aromatic N) is 2. The van der Waals surface area contributed by atoms with E-state index in [4.69, 9.17) is 0 Å². The van der Waals surface area contributed by atoms with Crippen LogP contribution in [0, 0.1) is 0 Å². The molecule has 0 radical (unpaired) electrons. The Morgan fingerprint density at radius 3 is 2.91 bits per heavy atom. The molecule has 0 bridgehead atoms. The number of likely N-dealkylation sites (tertiary alicyclic amines) is 1. The van der Waals surface area contributed by atoms with Gasteiger partial charge in [0.05, 0.1) is 6.54 Å². The van der Waals surface area contributed by atoms with Gasteiger partial charge in [-0.1, -0.05) is 0 Å². The summed E-state index contributed by atoms with van der Waals surface area (Å²) in [5.74, 6) is 0.224. The molecular weight excluding hydrogens is 390 g/mol. The molecule has 2 saturated heterocycles. The molecule has 5 nitrogen and oxygen atoms in total. The van der Waals surface area contributed by atoms with Crippen molar-refractivity contribution in [2.24, 2.45) is 0 Å². The average Bonchev–Trinajstić information content (AvgIpc) is 2.93. The maximum Gasteiger partial charge on any atom is 0.265 e. The Morgan fingerprint density at radius 1 is 1.41 bits per heavy atom. The molecular formula is C14H19BrClN3O2S. The van der Waals surface area contributed by atoms with E-state index in [-0.39, 0.29) is 30.3 Å². The van der Waals surface area contributed by atoms with Crippen LogP contribution in [0.5, 0.6) is 0 Å². The van der Waals surface area contributed by atoms with Crippen LogP contribution in [-0.4, -0.2) is 60.4 Å². The fourth-order valence-corrected chi connectivity index (χ4v) is 4.50. The molecule has 3 rings (SSSR count). The Morgan fingerprint density at radius 2 is 2.23 bits per heavy atom. The van der Waals surface area contributed by atoms with Crippen molar-refractivity contribution in [3.63, 3.8) is 0 Å². The Balaban J connectivity index is 0.00000176. The van der Waals surface area contributed by atoms with Gasteiger partial charge in [0.2, 0.25) is 5.91 Å². The van der Waals surface area contributed by atoms with Gasteiger partial charge in [-0.15, -0.1) is 23.7 Å². The zero-order chi connectivity index (χ0) is 14.8. The van der Waals surface area contributed by atoms with Crippen LogP contribution < -0.4 is 5.32 Å². The fraction of sp³-hybridized carbons (Fsp3) is 0.571. The number of piperazine rings is 1. The van der Waals surface area contributed by atoms with E-state index in [9.17, 15) is 9.59 Å². The molecule has 0 aliphatic carbocycles. The van der Waals surface area contributed by atoms with E-state index >= 15 is 0 Å². The van der Waals surface area contributed by atoms with Gasteiger partial charge in [0, 0.05) is 36.7 Å². The molecule has 1 atom stereocenters. The standard InChI is InChI=1S/C14H18BrN3O2S.ClH/c15-11-3-7-21-13(11)14(20)17-5-1-2-10(9-17)18-6-4-16-8-12(18)19;/h3,7,10,16H,1-2,4-6,8-9H2;1H. The van der Waals surface area contributed by atoms with Gasteiger partial charge in [-0.2, -0.15) is 0 Å². The van der Waals surface area contributed by atoms with Crippen LogP contribution in [0.15, 0.2) is 15.9 Å². The van der Waals surface area contributed by atoms with Gasteiger partial charge in [-0.25, -0.2) is 0 Å². The van der Waals surface area contributed by atoms with Crippen LogP contribution in [-0.2, 0) is 4.79 Å². The Labute approximate surface area is 148 Å². The summed E-state index contributed by atoms with van der Waals surface area (Å²) in [5.41, 5.74) is 0. The van der Waals surface area contributed by atoms with Crippen molar-refractivity contribution in [2.45, 2.75) is 18.9 Å². The smallest absolute Gasteiger partial charge is 0.265 e. The molecule has 122 valence electrons. The summed E-state index contributed by atoms with van der Waals surface area (Å²) in [4.78, 5) is 29.2. The highest BCUT2D eigenvalue weighted by atomic mass is 79.9. The third-order valence-corrected chi connectivity index (χ3v) is 5.89. The highest BCUT2D eigenvalue weighted by molar-refractivity contribution is 9.10. The molecule has 2 fully saturated rings.